The Balaban J connectivity index is 1.36. The van der Waals surface area contributed by atoms with Crippen molar-refractivity contribution in [3.63, 3.8) is 0 Å². The van der Waals surface area contributed by atoms with Gasteiger partial charge in [0.25, 0.3) is 0 Å². The van der Waals surface area contributed by atoms with E-state index in [4.69, 9.17) is 4.42 Å². The molecule has 0 unspecified atom stereocenters. The Hall–Kier alpha value is -2.74. The molecule has 0 atom stereocenters. The molecule has 4 rings (SSSR count). The average molecular weight is 341 g/mol. The number of esters is 1. The van der Waals surface area contributed by atoms with Gasteiger partial charge in [-0.25, -0.2) is 14.5 Å². The number of hydrogen-bond donors (Lipinski definition) is 0. The Labute approximate surface area is 144 Å². The first-order valence-electron chi connectivity index (χ1n) is 8.30. The summed E-state index contributed by atoms with van der Waals surface area (Å²) < 4.78 is 12.2. The molecule has 1 aliphatic heterocycles. The van der Waals surface area contributed by atoms with E-state index in [-0.39, 0.29) is 11.7 Å². The zero-order chi connectivity index (χ0) is 17.2. The number of ether oxygens (including phenoxy) is 1. The van der Waals surface area contributed by atoms with Crippen LogP contribution in [0.1, 0.15) is 35.3 Å². The summed E-state index contributed by atoms with van der Waals surface area (Å²) in [4.78, 5) is 18.3. The van der Waals surface area contributed by atoms with E-state index < -0.39 is 5.97 Å². The van der Waals surface area contributed by atoms with Gasteiger partial charge in [-0.1, -0.05) is 17.3 Å². The Morgan fingerprint density at radius 1 is 1.32 bits per heavy atom. The van der Waals surface area contributed by atoms with Crippen LogP contribution in [-0.2, 0) is 11.3 Å². The molecule has 2 aromatic heterocycles. The van der Waals surface area contributed by atoms with E-state index in [1.54, 1.807) is 10.9 Å². The number of likely N-dealkylation sites (tertiary alicyclic amines) is 1. The topological polar surface area (TPSA) is 86.3 Å². The molecular weight excluding hydrogens is 322 g/mol. The van der Waals surface area contributed by atoms with Crippen molar-refractivity contribution in [2.24, 2.45) is 0 Å². The number of para-hydroxylation sites is 2. The SMILES string of the molecule is COC(=O)c1cn(C2CCN(Cc3nc4ccccc4o3)CC2)nn1. The maximum Gasteiger partial charge on any atom is 0.360 e. The molecule has 1 aromatic carbocycles. The summed E-state index contributed by atoms with van der Waals surface area (Å²) in [5.74, 6) is 0.285. The van der Waals surface area contributed by atoms with E-state index in [1.807, 2.05) is 24.3 Å². The predicted molar refractivity (Wildman–Crippen MR) is 88.9 cm³/mol. The van der Waals surface area contributed by atoms with Gasteiger partial charge in [0.05, 0.1) is 25.9 Å². The number of aromatic nitrogens is 4. The van der Waals surface area contributed by atoms with Gasteiger partial charge in [0.2, 0.25) is 5.89 Å². The van der Waals surface area contributed by atoms with Crippen molar-refractivity contribution in [2.45, 2.75) is 25.4 Å². The molecule has 0 aliphatic carbocycles. The molecule has 3 heterocycles. The lowest BCUT2D eigenvalue weighted by Crippen LogP contribution is -2.34. The van der Waals surface area contributed by atoms with Gasteiger partial charge in [-0.05, 0) is 25.0 Å². The molecule has 0 amide bonds. The van der Waals surface area contributed by atoms with E-state index in [9.17, 15) is 4.79 Å². The summed E-state index contributed by atoms with van der Waals surface area (Å²) in [6, 6.07) is 8.04. The maximum atomic E-state index is 11.5. The Morgan fingerprint density at radius 2 is 2.12 bits per heavy atom. The zero-order valence-electron chi connectivity index (χ0n) is 14.0. The number of nitrogens with zero attached hydrogens (tertiary/aromatic N) is 5. The highest BCUT2D eigenvalue weighted by molar-refractivity contribution is 5.86. The highest BCUT2D eigenvalue weighted by atomic mass is 16.5. The van der Waals surface area contributed by atoms with E-state index in [2.05, 4.69) is 24.9 Å². The first-order valence-corrected chi connectivity index (χ1v) is 8.30. The third kappa shape index (κ3) is 3.25. The second-order valence-corrected chi connectivity index (χ2v) is 6.16. The fraction of sp³-hybridized carbons (Fsp3) is 0.412. The summed E-state index contributed by atoms with van der Waals surface area (Å²) in [6.07, 6.45) is 3.53. The van der Waals surface area contributed by atoms with E-state index in [1.165, 1.54) is 7.11 Å². The van der Waals surface area contributed by atoms with Crippen molar-refractivity contribution in [3.05, 3.63) is 42.0 Å². The van der Waals surface area contributed by atoms with Crippen molar-refractivity contribution in [3.8, 4) is 0 Å². The predicted octanol–water partition coefficient (Wildman–Crippen LogP) is 2.04. The van der Waals surface area contributed by atoms with E-state index in [0.29, 0.717) is 6.54 Å². The summed E-state index contributed by atoms with van der Waals surface area (Å²) in [6.45, 7) is 2.53. The average Bonchev–Trinajstić information content (AvgIpc) is 3.28. The van der Waals surface area contributed by atoms with Crippen molar-refractivity contribution in [1.29, 1.82) is 0 Å². The lowest BCUT2D eigenvalue weighted by Gasteiger charge is -2.30. The minimum atomic E-state index is -0.459. The van der Waals surface area contributed by atoms with E-state index in [0.717, 1.165) is 42.9 Å². The third-order valence-electron chi connectivity index (χ3n) is 4.53. The van der Waals surface area contributed by atoms with Crippen molar-refractivity contribution in [1.82, 2.24) is 24.9 Å². The van der Waals surface area contributed by atoms with Gasteiger partial charge in [-0.15, -0.1) is 5.10 Å². The summed E-state index contributed by atoms with van der Waals surface area (Å²) in [7, 11) is 1.34. The van der Waals surface area contributed by atoms with Crippen LogP contribution in [-0.4, -0.2) is 51.0 Å². The van der Waals surface area contributed by atoms with Gasteiger partial charge in [0.1, 0.15) is 5.52 Å². The molecule has 130 valence electrons. The number of fused-ring (bicyclic) bond motifs is 1. The summed E-state index contributed by atoms with van der Waals surface area (Å²) in [5, 5.41) is 7.94. The number of carbonyl (C=O) groups excluding carboxylic acids is 1. The van der Waals surface area contributed by atoms with Crippen LogP contribution < -0.4 is 0 Å². The number of methoxy groups -OCH3 is 1. The van der Waals surface area contributed by atoms with Gasteiger partial charge in [-0.3, -0.25) is 4.90 Å². The molecule has 0 bridgehead atoms. The van der Waals surface area contributed by atoms with Crippen LogP contribution in [0, 0.1) is 0 Å². The largest absolute Gasteiger partial charge is 0.464 e. The van der Waals surface area contributed by atoms with Gasteiger partial charge < -0.3 is 9.15 Å². The highest BCUT2D eigenvalue weighted by Gasteiger charge is 2.24. The van der Waals surface area contributed by atoms with Crippen molar-refractivity contribution >= 4 is 17.1 Å². The van der Waals surface area contributed by atoms with Crippen LogP contribution in [0.15, 0.2) is 34.9 Å². The van der Waals surface area contributed by atoms with E-state index >= 15 is 0 Å². The fourth-order valence-corrected chi connectivity index (χ4v) is 3.17. The van der Waals surface area contributed by atoms with Gasteiger partial charge in [0, 0.05) is 13.1 Å². The molecule has 0 radical (unpaired) electrons. The molecule has 1 fully saturated rings. The molecule has 0 spiro atoms. The van der Waals surface area contributed by atoms with Crippen LogP contribution in [0.4, 0.5) is 0 Å². The molecule has 0 N–H and O–H groups in total. The number of oxazole rings is 1. The lowest BCUT2D eigenvalue weighted by molar-refractivity contribution is 0.0594. The molecule has 3 aromatic rings. The molecule has 1 aliphatic rings. The van der Waals surface area contributed by atoms with Crippen LogP contribution in [0.3, 0.4) is 0 Å². The lowest BCUT2D eigenvalue weighted by atomic mass is 10.1. The fourth-order valence-electron chi connectivity index (χ4n) is 3.17. The molecule has 8 nitrogen and oxygen atoms in total. The molecular formula is C17H19N5O3. The molecule has 25 heavy (non-hydrogen) atoms. The highest BCUT2D eigenvalue weighted by Crippen LogP contribution is 2.24. The number of benzene rings is 1. The van der Waals surface area contributed by atoms with Gasteiger partial charge >= 0.3 is 5.97 Å². The standard InChI is InChI=1S/C17H19N5O3/c1-24-17(23)14-10-22(20-19-14)12-6-8-21(9-7-12)11-16-18-13-4-2-3-5-15(13)25-16/h2-5,10,12H,6-9,11H2,1H3. The first-order chi connectivity index (χ1) is 12.2. The maximum absolute atomic E-state index is 11.5. The van der Waals surface area contributed by atoms with Crippen LogP contribution in [0.2, 0.25) is 0 Å². The van der Waals surface area contributed by atoms with Crippen molar-refractivity contribution < 1.29 is 13.9 Å². The molecule has 1 saturated heterocycles. The van der Waals surface area contributed by atoms with Crippen molar-refractivity contribution in [2.75, 3.05) is 20.2 Å². The summed E-state index contributed by atoms with van der Waals surface area (Å²) >= 11 is 0. The number of piperidine rings is 1. The summed E-state index contributed by atoms with van der Waals surface area (Å²) in [5.41, 5.74) is 1.96. The Kier molecular flexibility index (Phi) is 4.19. The smallest absolute Gasteiger partial charge is 0.360 e. The Bertz CT molecular complexity index is 846. The normalized spacial score (nSPS) is 16.4. The minimum absolute atomic E-state index is 0.241. The second kappa shape index (κ2) is 6.64. The minimum Gasteiger partial charge on any atom is -0.464 e. The van der Waals surface area contributed by atoms with Crippen LogP contribution >= 0.6 is 0 Å². The molecule has 8 heteroatoms. The Morgan fingerprint density at radius 3 is 2.88 bits per heavy atom. The second-order valence-electron chi connectivity index (χ2n) is 6.16. The van der Waals surface area contributed by atoms with Gasteiger partial charge in [-0.2, -0.15) is 0 Å². The number of rotatable bonds is 4. The van der Waals surface area contributed by atoms with Crippen LogP contribution in [0.25, 0.3) is 11.1 Å². The molecule has 0 saturated carbocycles. The van der Waals surface area contributed by atoms with Gasteiger partial charge in [0.15, 0.2) is 11.3 Å². The zero-order valence-corrected chi connectivity index (χ0v) is 14.0. The third-order valence-corrected chi connectivity index (χ3v) is 4.53. The first kappa shape index (κ1) is 15.8. The monoisotopic (exact) mass is 341 g/mol. The number of hydrogen-bond acceptors (Lipinski definition) is 7. The number of carbonyl (C=O) groups is 1. The van der Waals surface area contributed by atoms with Crippen LogP contribution in [0.5, 0.6) is 0 Å². The quantitative estimate of drug-likeness (QED) is 0.671.